The molecule has 2 aliphatic rings. The number of halogens is 1. The second-order valence-electron chi connectivity index (χ2n) is 13.2. The highest BCUT2D eigenvalue weighted by Crippen LogP contribution is 2.43. The number of carbonyl (C=O) groups excluding carboxylic acids is 4. The van der Waals surface area contributed by atoms with Gasteiger partial charge in [0.25, 0.3) is 5.91 Å². The molecule has 49 heavy (non-hydrogen) atoms. The Balaban J connectivity index is 1.63. The van der Waals surface area contributed by atoms with Gasteiger partial charge < -0.3 is 30.3 Å². The molecule has 3 radical (unpaired) electrons. The number of nitrogens with zero attached hydrogens (tertiary/aromatic N) is 3. The first-order chi connectivity index (χ1) is 23.2. The lowest BCUT2D eigenvalue weighted by Crippen LogP contribution is -2.65. The van der Waals surface area contributed by atoms with Gasteiger partial charge in [0.2, 0.25) is 17.7 Å². The van der Waals surface area contributed by atoms with Gasteiger partial charge in [0.15, 0.2) is 5.75 Å². The molecule has 5 rings (SSSR count). The normalized spacial score (nSPS) is 23.5. The molecule has 3 aromatic rings. The summed E-state index contributed by atoms with van der Waals surface area (Å²) in [5, 5.41) is 14.0. The number of benzene rings is 2. The number of hydrogen-bond donors (Lipinski definition) is 3. The summed E-state index contributed by atoms with van der Waals surface area (Å²) in [6.45, 7) is 3.57. The van der Waals surface area contributed by atoms with E-state index in [0.29, 0.717) is 19.3 Å². The molecule has 1 saturated carbocycles. The lowest BCUT2D eigenvalue weighted by Gasteiger charge is -2.43. The van der Waals surface area contributed by atoms with Crippen LogP contribution < -0.4 is 15.4 Å². The summed E-state index contributed by atoms with van der Waals surface area (Å²) < 4.78 is 20.7. The summed E-state index contributed by atoms with van der Waals surface area (Å²) >= 11 is 0. The molecule has 1 spiro atoms. The third kappa shape index (κ3) is 7.28. The van der Waals surface area contributed by atoms with Gasteiger partial charge in [0.05, 0.1) is 40.0 Å². The number of nitrogens with one attached hydrogen (secondary N) is 2. The Bertz CT molecular complexity index is 1790. The van der Waals surface area contributed by atoms with Gasteiger partial charge in [-0.1, -0.05) is 44.2 Å². The van der Waals surface area contributed by atoms with Crippen molar-refractivity contribution in [2.45, 2.75) is 68.7 Å². The van der Waals surface area contributed by atoms with E-state index < -0.39 is 64.6 Å². The monoisotopic (exact) mass is 688 g/mol. The maximum atomic E-state index is 14.5. The Morgan fingerprint density at radius 3 is 2.41 bits per heavy atom. The van der Waals surface area contributed by atoms with Gasteiger partial charge >= 0.3 is 5.97 Å². The Kier molecular flexibility index (Phi) is 10.1. The van der Waals surface area contributed by atoms with Gasteiger partial charge in [0.1, 0.15) is 29.2 Å². The van der Waals surface area contributed by atoms with Gasteiger partial charge in [-0.3, -0.25) is 24.2 Å². The number of likely N-dealkylation sites (N-methyl/N-ethyl adjacent to an activating group) is 2. The largest absolute Gasteiger partial charge is 0.489 e. The molecule has 2 heterocycles. The molecule has 1 aromatic heterocycles. The summed E-state index contributed by atoms with van der Waals surface area (Å²) in [4.78, 5) is 75.3. The number of carboxylic acid groups (broad SMARTS) is 1. The number of hydrogen-bond acceptors (Lipinski definition) is 7. The topological polar surface area (TPSA) is 158 Å². The number of aliphatic carboxylic acids is 1. The zero-order valence-corrected chi connectivity index (χ0v) is 28.8. The van der Waals surface area contributed by atoms with Crippen LogP contribution in [0.5, 0.6) is 5.75 Å². The number of amides is 4. The summed E-state index contributed by atoms with van der Waals surface area (Å²) in [7, 11) is 6.50. The van der Waals surface area contributed by atoms with E-state index >= 15 is 0 Å². The van der Waals surface area contributed by atoms with Crippen LogP contribution >= 0.6 is 0 Å². The van der Waals surface area contributed by atoms with E-state index in [0.717, 1.165) is 16.5 Å². The molecular weight excluding hydrogens is 649 g/mol. The highest BCUT2D eigenvalue weighted by molar-refractivity contribution is 6.30. The van der Waals surface area contributed by atoms with Gasteiger partial charge in [-0.25, -0.2) is 9.18 Å². The molecule has 0 bridgehead atoms. The zero-order chi connectivity index (χ0) is 35.7. The van der Waals surface area contributed by atoms with Crippen LogP contribution in [-0.2, 0) is 25.6 Å². The fourth-order valence-electron chi connectivity index (χ4n) is 6.27. The molecule has 3 N–H and O–H groups in total. The first-order valence-electron chi connectivity index (χ1n) is 16.1. The van der Waals surface area contributed by atoms with Crippen LogP contribution in [-0.4, -0.2) is 103 Å². The standard InChI is InChI=1S/C35H39FN5O7Si/c1-20(2)17-35(49)33(47)41(4)34(12-13-34)32(46)38-23(14-21-8-6-5-7-9-21)19-48-27-18-37-25-11-10-22(36)15-24(25)29(27)30(43)39-26(31(44)45)16-28(42)40(35)3/h5-11,15,18,20,23,26H,12-14,16-17,19H2,1-4H3,(H,38,46)(H,39,43)(H,44,45)/t23-,26+,35+/m1/s1. The van der Waals surface area contributed by atoms with Crippen LogP contribution in [0.4, 0.5) is 4.39 Å². The third-order valence-electron chi connectivity index (χ3n) is 9.20. The van der Waals surface area contributed by atoms with E-state index in [1.54, 1.807) is 0 Å². The van der Waals surface area contributed by atoms with Crippen molar-refractivity contribution in [2.24, 2.45) is 5.92 Å². The number of rotatable bonds is 5. The van der Waals surface area contributed by atoms with Crippen molar-refractivity contribution in [3.05, 3.63) is 71.7 Å². The molecule has 1 fully saturated rings. The molecule has 0 unspecified atom stereocenters. The maximum Gasteiger partial charge on any atom is 0.326 e. The van der Waals surface area contributed by atoms with Crippen LogP contribution in [0.3, 0.4) is 0 Å². The molecule has 4 amide bonds. The predicted octanol–water partition coefficient (Wildman–Crippen LogP) is 2.43. The van der Waals surface area contributed by atoms with Crippen LogP contribution in [0.2, 0.25) is 0 Å². The molecule has 3 atom stereocenters. The number of fused-ring (bicyclic) bond motifs is 3. The smallest absolute Gasteiger partial charge is 0.326 e. The van der Waals surface area contributed by atoms with Gasteiger partial charge in [-0.05, 0) is 55.4 Å². The molecule has 14 heteroatoms. The molecule has 1 aliphatic carbocycles. The fourth-order valence-corrected chi connectivity index (χ4v) is 6.97. The van der Waals surface area contributed by atoms with E-state index in [-0.39, 0.29) is 41.2 Å². The van der Waals surface area contributed by atoms with E-state index in [1.165, 1.54) is 37.3 Å². The Labute approximate surface area is 286 Å². The van der Waals surface area contributed by atoms with E-state index in [1.807, 2.05) is 44.2 Å². The second kappa shape index (κ2) is 13.9. The van der Waals surface area contributed by atoms with Crippen molar-refractivity contribution in [1.82, 2.24) is 25.4 Å². The zero-order valence-electron chi connectivity index (χ0n) is 27.8. The van der Waals surface area contributed by atoms with Crippen LogP contribution in [0, 0.1) is 11.7 Å². The molecule has 0 saturated heterocycles. The summed E-state index contributed by atoms with van der Waals surface area (Å²) in [5.74, 6) is -5.01. The highest BCUT2D eigenvalue weighted by atomic mass is 28.1. The summed E-state index contributed by atoms with van der Waals surface area (Å²) in [6, 6.07) is 10.6. The van der Waals surface area contributed by atoms with Gasteiger partial charge in [-0.15, -0.1) is 0 Å². The molecule has 257 valence electrons. The maximum absolute atomic E-state index is 14.5. The fraction of sp³-hybridized carbons (Fsp3) is 0.429. The molecule has 2 aromatic carbocycles. The minimum Gasteiger partial charge on any atom is -0.489 e. The first kappa shape index (κ1) is 35.5. The van der Waals surface area contributed by atoms with Crippen LogP contribution in [0.1, 0.15) is 55.5 Å². The van der Waals surface area contributed by atoms with E-state index in [9.17, 15) is 33.5 Å². The quantitative estimate of drug-likeness (QED) is 0.345. The Hall–Kier alpha value is -4.85. The lowest BCUT2D eigenvalue weighted by atomic mass is 9.98. The van der Waals surface area contributed by atoms with Crippen LogP contribution in [0.15, 0.2) is 54.7 Å². The first-order valence-corrected chi connectivity index (χ1v) is 16.6. The predicted molar refractivity (Wildman–Crippen MR) is 178 cm³/mol. The number of ether oxygens (including phenoxy) is 1. The van der Waals surface area contributed by atoms with E-state index in [4.69, 9.17) is 4.74 Å². The Morgan fingerprint density at radius 2 is 1.78 bits per heavy atom. The van der Waals surface area contributed by atoms with Gasteiger partial charge in [0, 0.05) is 19.5 Å². The van der Waals surface area contributed by atoms with E-state index in [2.05, 4.69) is 25.9 Å². The van der Waals surface area contributed by atoms with Crippen molar-refractivity contribution in [1.29, 1.82) is 0 Å². The minimum absolute atomic E-state index is 0.0596. The molecule has 12 nitrogen and oxygen atoms in total. The Morgan fingerprint density at radius 1 is 1.08 bits per heavy atom. The minimum atomic E-state index is -1.73. The summed E-state index contributed by atoms with van der Waals surface area (Å²) in [6.07, 6.45) is 1.79. The summed E-state index contributed by atoms with van der Waals surface area (Å²) in [5.41, 5.74) is -0.258. The molecule has 1 aliphatic heterocycles. The SMILES string of the molecule is CC(C)C[C@]1([Si])C(=O)N(C)C2(CC2)C(=O)N[C@H](Cc2ccccc2)COc2cnc3ccc(F)cc3c2C(=O)N[C@H](C(=O)O)CC(=O)N1C. The third-order valence-corrected chi connectivity index (χ3v) is 9.96. The van der Waals surface area contributed by atoms with Crippen molar-refractivity contribution in [3.8, 4) is 5.75 Å². The average molecular weight is 689 g/mol. The van der Waals surface area contributed by atoms with Gasteiger partial charge in [-0.2, -0.15) is 0 Å². The van der Waals surface area contributed by atoms with Crippen LogP contribution in [0.25, 0.3) is 10.9 Å². The second-order valence-corrected chi connectivity index (χ2v) is 14.0. The number of carbonyl (C=O) groups is 5. The number of pyridine rings is 1. The van der Waals surface area contributed by atoms with Crippen molar-refractivity contribution in [2.75, 3.05) is 20.7 Å². The number of carboxylic acids is 1. The van der Waals surface area contributed by atoms with Crippen molar-refractivity contribution >= 4 is 50.7 Å². The van der Waals surface area contributed by atoms with Crippen molar-refractivity contribution < 1.29 is 38.2 Å². The lowest BCUT2D eigenvalue weighted by molar-refractivity contribution is -0.153. The molecular formula is C35H39FN5O7Si. The highest BCUT2D eigenvalue weighted by Gasteiger charge is 2.58. The average Bonchev–Trinajstić information content (AvgIpc) is 3.87. The number of aromatic nitrogens is 1. The van der Waals surface area contributed by atoms with Crippen molar-refractivity contribution in [3.63, 3.8) is 0 Å².